The molecule has 0 atom stereocenters. The molecule has 3 rings (SSSR count). The normalized spacial score (nSPS) is 10.1. The van der Waals surface area contributed by atoms with Gasteiger partial charge in [-0.2, -0.15) is 0 Å². The zero-order valence-electron chi connectivity index (χ0n) is 16.4. The monoisotopic (exact) mass is 436 g/mol. The number of ether oxygens (including phenoxy) is 2. The molecule has 0 fully saturated rings. The Morgan fingerprint density at radius 3 is 2.23 bits per heavy atom. The SMILES string of the molecule is O=C(NO)c1ccc(OCCNC(=O)c2ccccc2OC(=S)c2ccccc2)cc1. The maximum Gasteiger partial charge on any atom is 0.274 e. The third-order valence-corrected chi connectivity index (χ3v) is 4.54. The van der Waals surface area contributed by atoms with Crippen molar-refractivity contribution in [1.82, 2.24) is 10.8 Å². The number of hydrogen-bond donors (Lipinski definition) is 3. The van der Waals surface area contributed by atoms with E-state index in [0.717, 1.165) is 5.56 Å². The predicted octanol–water partition coefficient (Wildman–Crippen LogP) is 3.37. The predicted molar refractivity (Wildman–Crippen MR) is 119 cm³/mol. The van der Waals surface area contributed by atoms with Crippen LogP contribution in [-0.4, -0.2) is 35.2 Å². The summed E-state index contributed by atoms with van der Waals surface area (Å²) in [7, 11) is 0. The third kappa shape index (κ3) is 6.11. The molecule has 8 heteroatoms. The van der Waals surface area contributed by atoms with Crippen LogP contribution in [0.2, 0.25) is 0 Å². The first-order valence-electron chi connectivity index (χ1n) is 9.40. The van der Waals surface area contributed by atoms with Crippen molar-refractivity contribution >= 4 is 29.1 Å². The molecule has 3 N–H and O–H groups in total. The molecule has 0 spiro atoms. The lowest BCUT2D eigenvalue weighted by Crippen LogP contribution is -2.28. The van der Waals surface area contributed by atoms with Crippen molar-refractivity contribution in [1.29, 1.82) is 0 Å². The standard InChI is InChI=1S/C23H20N2O5S/c26-21(25-28)16-10-12-18(13-11-16)29-15-14-24-22(27)19-8-4-5-9-20(19)30-23(31)17-6-2-1-3-7-17/h1-13,28H,14-15H2,(H,24,27)(H,25,26). The minimum atomic E-state index is -0.605. The van der Waals surface area contributed by atoms with E-state index in [2.05, 4.69) is 5.32 Å². The van der Waals surface area contributed by atoms with E-state index in [9.17, 15) is 9.59 Å². The van der Waals surface area contributed by atoms with Gasteiger partial charge in [0.05, 0.1) is 12.1 Å². The minimum Gasteiger partial charge on any atom is -0.492 e. The third-order valence-electron chi connectivity index (χ3n) is 4.22. The second-order valence-electron chi connectivity index (χ2n) is 6.32. The fourth-order valence-corrected chi connectivity index (χ4v) is 2.90. The molecule has 158 valence electrons. The molecule has 0 heterocycles. The Balaban J connectivity index is 1.53. The lowest BCUT2D eigenvalue weighted by Gasteiger charge is -2.12. The largest absolute Gasteiger partial charge is 0.492 e. The quantitative estimate of drug-likeness (QED) is 0.217. The highest BCUT2D eigenvalue weighted by Gasteiger charge is 2.14. The summed E-state index contributed by atoms with van der Waals surface area (Å²) in [4.78, 5) is 23.9. The number of hydroxylamine groups is 1. The zero-order valence-corrected chi connectivity index (χ0v) is 17.2. The molecule has 3 aromatic carbocycles. The van der Waals surface area contributed by atoms with Crippen LogP contribution < -0.4 is 20.3 Å². The second-order valence-corrected chi connectivity index (χ2v) is 6.69. The molecule has 0 aromatic heterocycles. The average molecular weight is 436 g/mol. The van der Waals surface area contributed by atoms with Gasteiger partial charge in [-0.25, -0.2) is 5.48 Å². The van der Waals surface area contributed by atoms with Gasteiger partial charge in [-0.1, -0.05) is 42.5 Å². The van der Waals surface area contributed by atoms with Crippen LogP contribution in [0.4, 0.5) is 0 Å². The molecule has 0 bridgehead atoms. The van der Waals surface area contributed by atoms with E-state index in [1.54, 1.807) is 41.9 Å². The van der Waals surface area contributed by atoms with Gasteiger partial charge < -0.3 is 14.8 Å². The topological polar surface area (TPSA) is 96.9 Å². The molecule has 0 unspecified atom stereocenters. The first kappa shape index (κ1) is 21.9. The highest BCUT2D eigenvalue weighted by Crippen LogP contribution is 2.20. The summed E-state index contributed by atoms with van der Waals surface area (Å²) in [6, 6.07) is 22.4. The number of amides is 2. The van der Waals surface area contributed by atoms with E-state index in [-0.39, 0.29) is 24.1 Å². The Labute approximate surface area is 184 Å². The van der Waals surface area contributed by atoms with Gasteiger partial charge in [0.25, 0.3) is 11.8 Å². The molecule has 0 aliphatic rings. The maximum absolute atomic E-state index is 12.6. The lowest BCUT2D eigenvalue weighted by atomic mass is 10.2. The first-order chi connectivity index (χ1) is 15.1. The van der Waals surface area contributed by atoms with Crippen molar-refractivity contribution in [3.63, 3.8) is 0 Å². The van der Waals surface area contributed by atoms with Gasteiger partial charge in [-0.15, -0.1) is 0 Å². The van der Waals surface area contributed by atoms with Crippen molar-refractivity contribution in [2.75, 3.05) is 13.2 Å². The summed E-state index contributed by atoms with van der Waals surface area (Å²) in [6.07, 6.45) is 0. The molecule has 0 radical (unpaired) electrons. The molecule has 7 nitrogen and oxygen atoms in total. The molecule has 0 saturated heterocycles. The van der Waals surface area contributed by atoms with Crippen LogP contribution in [0.25, 0.3) is 0 Å². The van der Waals surface area contributed by atoms with Crippen LogP contribution in [0.1, 0.15) is 26.3 Å². The molecule has 31 heavy (non-hydrogen) atoms. The number of para-hydroxylation sites is 1. The lowest BCUT2D eigenvalue weighted by molar-refractivity contribution is 0.0706. The number of carbonyl (C=O) groups is 2. The zero-order chi connectivity index (χ0) is 22.1. The van der Waals surface area contributed by atoms with Crippen LogP contribution in [0.3, 0.4) is 0 Å². The number of nitrogens with one attached hydrogen (secondary N) is 2. The van der Waals surface area contributed by atoms with E-state index >= 15 is 0 Å². The summed E-state index contributed by atoms with van der Waals surface area (Å²) < 4.78 is 11.3. The van der Waals surface area contributed by atoms with Crippen molar-refractivity contribution in [3.05, 3.63) is 95.6 Å². The Morgan fingerprint density at radius 1 is 0.839 bits per heavy atom. The number of carbonyl (C=O) groups excluding carboxylic acids is 2. The highest BCUT2D eigenvalue weighted by atomic mass is 32.1. The summed E-state index contributed by atoms with van der Waals surface area (Å²) in [5.41, 5.74) is 2.97. The number of benzene rings is 3. The van der Waals surface area contributed by atoms with Crippen LogP contribution in [0.5, 0.6) is 11.5 Å². The molecular formula is C23H20N2O5S. The van der Waals surface area contributed by atoms with Gasteiger partial charge in [0.2, 0.25) is 0 Å². The summed E-state index contributed by atoms with van der Waals surface area (Å²) >= 11 is 5.33. The molecule has 2 amide bonds. The fraction of sp³-hybridized carbons (Fsp3) is 0.0870. The Morgan fingerprint density at radius 2 is 1.52 bits per heavy atom. The maximum atomic E-state index is 12.6. The summed E-state index contributed by atoms with van der Waals surface area (Å²) in [6.45, 7) is 0.484. The van der Waals surface area contributed by atoms with Crippen LogP contribution in [0, 0.1) is 0 Å². The molecule has 0 saturated carbocycles. The van der Waals surface area contributed by atoms with Gasteiger partial charge in [-0.3, -0.25) is 14.8 Å². The van der Waals surface area contributed by atoms with Crippen LogP contribution >= 0.6 is 12.2 Å². The Bertz CT molecular complexity index is 1060. The van der Waals surface area contributed by atoms with Crippen molar-refractivity contribution in [2.24, 2.45) is 0 Å². The van der Waals surface area contributed by atoms with E-state index in [1.807, 2.05) is 30.3 Å². The summed E-state index contributed by atoms with van der Waals surface area (Å²) in [5, 5.41) is 11.7. The van der Waals surface area contributed by atoms with Crippen LogP contribution in [0.15, 0.2) is 78.9 Å². The fourth-order valence-electron chi connectivity index (χ4n) is 2.67. The average Bonchev–Trinajstić information content (AvgIpc) is 2.82. The van der Waals surface area contributed by atoms with E-state index in [0.29, 0.717) is 22.6 Å². The summed E-state index contributed by atoms with van der Waals surface area (Å²) in [5.74, 6) is -0.0235. The highest BCUT2D eigenvalue weighted by molar-refractivity contribution is 7.80. The molecular weight excluding hydrogens is 416 g/mol. The molecule has 0 aliphatic carbocycles. The molecule has 3 aromatic rings. The Hall–Kier alpha value is -3.75. The van der Waals surface area contributed by atoms with Crippen LogP contribution in [-0.2, 0) is 0 Å². The number of hydrogen-bond acceptors (Lipinski definition) is 6. The van der Waals surface area contributed by atoms with Crippen molar-refractivity contribution < 1.29 is 24.3 Å². The van der Waals surface area contributed by atoms with Crippen molar-refractivity contribution in [2.45, 2.75) is 0 Å². The van der Waals surface area contributed by atoms with Crippen molar-refractivity contribution in [3.8, 4) is 11.5 Å². The van der Waals surface area contributed by atoms with Gasteiger partial charge in [0.1, 0.15) is 18.1 Å². The Kier molecular flexibility index (Phi) is 7.69. The van der Waals surface area contributed by atoms with Gasteiger partial charge >= 0.3 is 0 Å². The second kappa shape index (κ2) is 10.9. The molecule has 0 aliphatic heterocycles. The van der Waals surface area contributed by atoms with E-state index in [1.165, 1.54) is 12.1 Å². The first-order valence-corrected chi connectivity index (χ1v) is 9.81. The van der Waals surface area contributed by atoms with Gasteiger partial charge in [0, 0.05) is 11.1 Å². The van der Waals surface area contributed by atoms with E-state index in [4.69, 9.17) is 26.9 Å². The number of rotatable bonds is 8. The van der Waals surface area contributed by atoms with Gasteiger partial charge in [0.15, 0.2) is 5.05 Å². The smallest absolute Gasteiger partial charge is 0.274 e. The minimum absolute atomic E-state index is 0.225. The van der Waals surface area contributed by atoms with Gasteiger partial charge in [-0.05, 0) is 48.6 Å². The van der Waals surface area contributed by atoms with E-state index < -0.39 is 5.91 Å². The number of thiocarbonyl (C=S) groups is 1.